The van der Waals surface area contributed by atoms with Crippen molar-refractivity contribution >= 4 is 5.57 Å². The molecule has 0 aliphatic carbocycles. The molecule has 0 aromatic carbocycles. The van der Waals surface area contributed by atoms with Crippen molar-refractivity contribution in [1.29, 1.82) is 0 Å². The minimum absolute atomic E-state index is 0.584. The van der Waals surface area contributed by atoms with Gasteiger partial charge in [0.05, 0.1) is 0 Å². The first-order chi connectivity index (χ1) is 6.36. The molecule has 1 N–H and O–H groups in total. The van der Waals surface area contributed by atoms with Gasteiger partial charge in [-0.2, -0.15) is 0 Å². The molecule has 0 bridgehead atoms. The van der Waals surface area contributed by atoms with Crippen LogP contribution in [0.2, 0.25) is 0 Å². The van der Waals surface area contributed by atoms with E-state index in [1.54, 1.807) is 0 Å². The van der Waals surface area contributed by atoms with Crippen LogP contribution in [0, 0.1) is 0 Å². The molecule has 1 aliphatic rings. The topological polar surface area (TPSA) is 24.9 Å². The van der Waals surface area contributed by atoms with Crippen LogP contribution in [0.4, 0.5) is 0 Å². The van der Waals surface area contributed by atoms with Gasteiger partial charge in [-0.1, -0.05) is 12.1 Å². The summed E-state index contributed by atoms with van der Waals surface area (Å²) in [5.41, 5.74) is 2.68. The summed E-state index contributed by atoms with van der Waals surface area (Å²) in [7, 11) is 0. The van der Waals surface area contributed by atoms with Gasteiger partial charge in [0.2, 0.25) is 0 Å². The van der Waals surface area contributed by atoms with Crippen LogP contribution < -0.4 is 5.32 Å². The lowest BCUT2D eigenvalue weighted by atomic mass is 9.98. The Morgan fingerprint density at radius 3 is 3.15 bits per heavy atom. The molecule has 2 heteroatoms. The fourth-order valence-electron chi connectivity index (χ4n) is 1.66. The Labute approximate surface area is 78.7 Å². The summed E-state index contributed by atoms with van der Waals surface area (Å²) >= 11 is 0. The van der Waals surface area contributed by atoms with E-state index >= 15 is 0 Å². The van der Waals surface area contributed by atoms with E-state index in [1.165, 1.54) is 11.1 Å². The highest BCUT2D eigenvalue weighted by Crippen LogP contribution is 2.20. The van der Waals surface area contributed by atoms with Gasteiger partial charge in [0.25, 0.3) is 0 Å². The molecular formula is C11H14N2. The first-order valence-electron chi connectivity index (χ1n) is 4.69. The Morgan fingerprint density at radius 1 is 1.54 bits per heavy atom. The highest BCUT2D eigenvalue weighted by atomic mass is 14.9. The fraction of sp³-hybridized carbons (Fsp3) is 0.364. The smallest absolute Gasteiger partial charge is 0.0342 e. The van der Waals surface area contributed by atoms with Gasteiger partial charge >= 0.3 is 0 Å². The number of hydrogen-bond donors (Lipinski definition) is 1. The molecule has 0 saturated heterocycles. The van der Waals surface area contributed by atoms with Gasteiger partial charge in [-0.05, 0) is 30.5 Å². The van der Waals surface area contributed by atoms with E-state index in [4.69, 9.17) is 0 Å². The fourth-order valence-corrected chi connectivity index (χ4v) is 1.66. The van der Waals surface area contributed by atoms with Gasteiger partial charge in [-0.25, -0.2) is 0 Å². The number of pyridine rings is 1. The van der Waals surface area contributed by atoms with E-state index < -0.39 is 0 Å². The van der Waals surface area contributed by atoms with Crippen molar-refractivity contribution in [2.24, 2.45) is 0 Å². The molecule has 13 heavy (non-hydrogen) atoms. The quantitative estimate of drug-likeness (QED) is 0.702. The molecule has 1 atom stereocenters. The van der Waals surface area contributed by atoms with Crippen molar-refractivity contribution in [3.63, 3.8) is 0 Å². The van der Waals surface area contributed by atoms with Crippen LogP contribution in [0.1, 0.15) is 18.9 Å². The van der Waals surface area contributed by atoms with Gasteiger partial charge in [-0.3, -0.25) is 4.98 Å². The molecule has 1 unspecified atom stereocenters. The van der Waals surface area contributed by atoms with Crippen LogP contribution in [0.25, 0.3) is 5.57 Å². The van der Waals surface area contributed by atoms with E-state index in [0.717, 1.165) is 13.0 Å². The third kappa shape index (κ3) is 1.95. The zero-order valence-corrected chi connectivity index (χ0v) is 7.83. The zero-order valence-electron chi connectivity index (χ0n) is 7.83. The van der Waals surface area contributed by atoms with E-state index in [2.05, 4.69) is 29.4 Å². The molecule has 0 saturated carbocycles. The van der Waals surface area contributed by atoms with Gasteiger partial charge in [-0.15, -0.1) is 0 Å². The van der Waals surface area contributed by atoms with Crippen molar-refractivity contribution in [3.05, 3.63) is 36.2 Å². The normalized spacial score (nSPS) is 22.5. The summed E-state index contributed by atoms with van der Waals surface area (Å²) in [4.78, 5) is 4.12. The molecule has 68 valence electrons. The summed E-state index contributed by atoms with van der Waals surface area (Å²) in [6.45, 7) is 3.19. The average molecular weight is 174 g/mol. The summed E-state index contributed by atoms with van der Waals surface area (Å²) in [5.74, 6) is 0. The lowest BCUT2D eigenvalue weighted by Crippen LogP contribution is -2.29. The van der Waals surface area contributed by atoms with Gasteiger partial charge < -0.3 is 5.32 Å². The number of hydrogen-bond acceptors (Lipinski definition) is 2. The summed E-state index contributed by atoms with van der Waals surface area (Å²) in [6, 6.07) is 4.69. The van der Waals surface area contributed by atoms with Crippen molar-refractivity contribution in [3.8, 4) is 0 Å². The highest BCUT2D eigenvalue weighted by molar-refractivity contribution is 5.66. The largest absolute Gasteiger partial charge is 0.310 e. The Kier molecular flexibility index (Phi) is 2.41. The second-order valence-electron chi connectivity index (χ2n) is 3.48. The minimum Gasteiger partial charge on any atom is -0.310 e. The van der Waals surface area contributed by atoms with Gasteiger partial charge in [0, 0.05) is 25.0 Å². The van der Waals surface area contributed by atoms with Gasteiger partial charge in [0.15, 0.2) is 0 Å². The number of nitrogens with one attached hydrogen (secondary N) is 1. The Hall–Kier alpha value is -1.15. The van der Waals surface area contributed by atoms with Crippen LogP contribution in [-0.4, -0.2) is 17.6 Å². The van der Waals surface area contributed by atoms with Crippen LogP contribution in [0.15, 0.2) is 30.6 Å². The summed E-state index contributed by atoms with van der Waals surface area (Å²) in [6.07, 6.45) is 7.10. The third-order valence-corrected chi connectivity index (χ3v) is 2.37. The Morgan fingerprint density at radius 2 is 2.46 bits per heavy atom. The SMILES string of the molecule is CC1CC(c2cccnc2)=CCN1. The number of rotatable bonds is 1. The molecule has 0 radical (unpaired) electrons. The van der Waals surface area contributed by atoms with Crippen LogP contribution in [-0.2, 0) is 0 Å². The van der Waals surface area contributed by atoms with Gasteiger partial charge in [0.1, 0.15) is 0 Å². The molecular weight excluding hydrogens is 160 g/mol. The van der Waals surface area contributed by atoms with Crippen LogP contribution in [0.3, 0.4) is 0 Å². The Bertz CT molecular complexity index is 303. The maximum atomic E-state index is 4.12. The molecule has 0 amide bonds. The molecule has 2 rings (SSSR count). The standard InChI is InChI=1S/C11H14N2/c1-9-7-10(4-6-13-9)11-3-2-5-12-8-11/h2-5,8-9,13H,6-7H2,1H3. The highest BCUT2D eigenvalue weighted by Gasteiger charge is 2.10. The predicted molar refractivity (Wildman–Crippen MR) is 54.3 cm³/mol. The molecule has 1 aromatic heterocycles. The van der Waals surface area contributed by atoms with E-state index in [9.17, 15) is 0 Å². The van der Waals surface area contributed by atoms with E-state index in [0.29, 0.717) is 6.04 Å². The monoisotopic (exact) mass is 174 g/mol. The third-order valence-electron chi connectivity index (χ3n) is 2.37. The van der Waals surface area contributed by atoms with E-state index in [-0.39, 0.29) is 0 Å². The first kappa shape index (κ1) is 8.45. The predicted octanol–water partition coefficient (Wildman–Crippen LogP) is 1.85. The van der Waals surface area contributed by atoms with Crippen molar-refractivity contribution < 1.29 is 0 Å². The molecule has 2 nitrogen and oxygen atoms in total. The molecule has 1 aromatic rings. The molecule has 0 fully saturated rings. The Balaban J connectivity index is 2.22. The number of aromatic nitrogens is 1. The van der Waals surface area contributed by atoms with E-state index in [1.807, 2.05) is 18.5 Å². The zero-order chi connectivity index (χ0) is 9.10. The molecule has 0 spiro atoms. The van der Waals surface area contributed by atoms with Crippen molar-refractivity contribution in [2.75, 3.05) is 6.54 Å². The molecule has 1 aliphatic heterocycles. The molecule has 2 heterocycles. The summed E-state index contributed by atoms with van der Waals surface area (Å²) < 4.78 is 0. The second kappa shape index (κ2) is 3.71. The number of nitrogens with zero attached hydrogens (tertiary/aromatic N) is 1. The first-order valence-corrected chi connectivity index (χ1v) is 4.69. The summed E-state index contributed by atoms with van der Waals surface area (Å²) in [5, 5.41) is 3.38. The minimum atomic E-state index is 0.584. The second-order valence-corrected chi connectivity index (χ2v) is 3.48. The van der Waals surface area contributed by atoms with Crippen LogP contribution in [0.5, 0.6) is 0 Å². The lowest BCUT2D eigenvalue weighted by Gasteiger charge is -2.20. The maximum Gasteiger partial charge on any atom is 0.0342 e. The van der Waals surface area contributed by atoms with Crippen LogP contribution >= 0.6 is 0 Å². The average Bonchev–Trinajstić information content (AvgIpc) is 2.19. The maximum absolute atomic E-state index is 4.12. The van der Waals surface area contributed by atoms with Crippen molar-refractivity contribution in [1.82, 2.24) is 10.3 Å². The van der Waals surface area contributed by atoms with Crippen molar-refractivity contribution in [2.45, 2.75) is 19.4 Å². The lowest BCUT2D eigenvalue weighted by molar-refractivity contribution is 0.579.